The lowest BCUT2D eigenvalue weighted by Gasteiger charge is -2.21. The Kier molecular flexibility index (Phi) is 3.83. The number of rotatable bonds is 5. The van der Waals surface area contributed by atoms with Gasteiger partial charge in [-0.2, -0.15) is 0 Å². The van der Waals surface area contributed by atoms with Crippen LogP contribution in [0.1, 0.15) is 32.3 Å². The Morgan fingerprint density at radius 2 is 2.22 bits per heavy atom. The minimum atomic E-state index is 0.190. The van der Waals surface area contributed by atoms with Crippen molar-refractivity contribution in [2.75, 3.05) is 6.61 Å². The molecule has 2 N–H and O–H groups in total. The first-order valence-electron chi connectivity index (χ1n) is 6.28. The lowest BCUT2D eigenvalue weighted by atomic mass is 9.89. The largest absolute Gasteiger partial charge is 0.488 e. The molecule has 1 unspecified atom stereocenters. The molecule has 1 aromatic rings. The zero-order chi connectivity index (χ0) is 13.3. The molecule has 0 heterocycles. The molecule has 0 bridgehead atoms. The van der Waals surface area contributed by atoms with Crippen molar-refractivity contribution in [3.8, 4) is 5.75 Å². The normalized spacial score (nSPS) is 18.2. The van der Waals surface area contributed by atoms with E-state index in [-0.39, 0.29) is 11.5 Å². The van der Waals surface area contributed by atoms with Gasteiger partial charge in [0.05, 0.1) is 4.47 Å². The molecule has 3 heteroatoms. The third kappa shape index (κ3) is 2.62. The van der Waals surface area contributed by atoms with Crippen molar-refractivity contribution in [3.05, 3.63) is 40.4 Å². The molecule has 0 saturated heterocycles. The highest BCUT2D eigenvalue weighted by Gasteiger charge is 2.47. The minimum absolute atomic E-state index is 0.190. The summed E-state index contributed by atoms with van der Waals surface area (Å²) in [6, 6.07) is 6.50. The standard InChI is InChI=1S/C15H20BrNO/c1-10(2)9-18-14-5-4-12(8-13(14)16)15(6-7-15)11(3)17/h4-5,8,11H,1,6-7,9,17H2,2-3H3. The zero-order valence-electron chi connectivity index (χ0n) is 11.0. The van der Waals surface area contributed by atoms with Gasteiger partial charge >= 0.3 is 0 Å². The molecule has 0 spiro atoms. The third-order valence-electron chi connectivity index (χ3n) is 3.64. The van der Waals surface area contributed by atoms with Crippen molar-refractivity contribution in [3.63, 3.8) is 0 Å². The molecule has 98 valence electrons. The molecule has 0 aromatic heterocycles. The first-order valence-corrected chi connectivity index (χ1v) is 7.08. The maximum Gasteiger partial charge on any atom is 0.133 e. The van der Waals surface area contributed by atoms with Crippen LogP contribution in [0.3, 0.4) is 0 Å². The Morgan fingerprint density at radius 1 is 1.56 bits per heavy atom. The van der Waals surface area contributed by atoms with E-state index in [0.717, 1.165) is 15.8 Å². The fourth-order valence-corrected chi connectivity index (χ4v) is 2.76. The fraction of sp³-hybridized carbons (Fsp3) is 0.467. The maximum atomic E-state index is 6.09. The van der Waals surface area contributed by atoms with Gasteiger partial charge in [-0.15, -0.1) is 0 Å². The van der Waals surface area contributed by atoms with Crippen molar-refractivity contribution >= 4 is 15.9 Å². The monoisotopic (exact) mass is 309 g/mol. The first-order chi connectivity index (χ1) is 8.45. The molecular weight excluding hydrogens is 290 g/mol. The summed E-state index contributed by atoms with van der Waals surface area (Å²) in [5.41, 5.74) is 8.61. The van der Waals surface area contributed by atoms with Gasteiger partial charge in [-0.25, -0.2) is 0 Å². The Bertz CT molecular complexity index is 464. The summed E-state index contributed by atoms with van der Waals surface area (Å²) in [5.74, 6) is 0.863. The quantitative estimate of drug-likeness (QED) is 0.840. The van der Waals surface area contributed by atoms with Gasteiger partial charge in [0.25, 0.3) is 0 Å². The van der Waals surface area contributed by atoms with E-state index in [1.54, 1.807) is 0 Å². The van der Waals surface area contributed by atoms with Crippen LogP contribution in [-0.4, -0.2) is 12.6 Å². The smallest absolute Gasteiger partial charge is 0.133 e. The molecule has 0 aliphatic heterocycles. The number of hydrogen-bond donors (Lipinski definition) is 1. The Balaban J connectivity index is 2.18. The van der Waals surface area contributed by atoms with E-state index < -0.39 is 0 Å². The molecule has 1 atom stereocenters. The van der Waals surface area contributed by atoms with Crippen LogP contribution >= 0.6 is 15.9 Å². The van der Waals surface area contributed by atoms with Crippen LogP contribution in [0.25, 0.3) is 0 Å². The summed E-state index contributed by atoms with van der Waals surface area (Å²) >= 11 is 3.57. The second-order valence-electron chi connectivity index (χ2n) is 5.34. The molecule has 1 saturated carbocycles. The molecule has 1 aromatic carbocycles. The van der Waals surface area contributed by atoms with Gasteiger partial charge in [-0.1, -0.05) is 12.6 Å². The predicted octanol–water partition coefficient (Wildman–Crippen LogP) is 3.78. The summed E-state index contributed by atoms with van der Waals surface area (Å²) in [6.07, 6.45) is 2.37. The van der Waals surface area contributed by atoms with E-state index in [9.17, 15) is 0 Å². The molecule has 0 radical (unpaired) electrons. The van der Waals surface area contributed by atoms with Crippen molar-refractivity contribution in [1.29, 1.82) is 0 Å². The summed E-state index contributed by atoms with van der Waals surface area (Å²) in [7, 11) is 0. The summed E-state index contributed by atoms with van der Waals surface area (Å²) < 4.78 is 6.66. The van der Waals surface area contributed by atoms with Crippen LogP contribution in [0.5, 0.6) is 5.75 Å². The molecule has 2 rings (SSSR count). The van der Waals surface area contributed by atoms with E-state index in [1.165, 1.54) is 18.4 Å². The van der Waals surface area contributed by atoms with Crippen molar-refractivity contribution < 1.29 is 4.74 Å². The van der Waals surface area contributed by atoms with E-state index in [0.29, 0.717) is 6.61 Å². The topological polar surface area (TPSA) is 35.2 Å². The molecule has 18 heavy (non-hydrogen) atoms. The minimum Gasteiger partial charge on any atom is -0.488 e. The third-order valence-corrected chi connectivity index (χ3v) is 4.26. The SMILES string of the molecule is C=C(C)COc1ccc(C2(C(C)N)CC2)cc1Br. The van der Waals surface area contributed by atoms with E-state index in [4.69, 9.17) is 10.5 Å². The highest BCUT2D eigenvalue weighted by molar-refractivity contribution is 9.10. The number of hydrogen-bond acceptors (Lipinski definition) is 2. The first kappa shape index (κ1) is 13.6. The van der Waals surface area contributed by atoms with Crippen LogP contribution < -0.4 is 10.5 Å². The summed E-state index contributed by atoms with van der Waals surface area (Å²) in [4.78, 5) is 0. The highest BCUT2D eigenvalue weighted by Crippen LogP contribution is 2.51. The van der Waals surface area contributed by atoms with Crippen molar-refractivity contribution in [2.45, 2.75) is 38.1 Å². The number of benzene rings is 1. The second kappa shape index (κ2) is 5.06. The van der Waals surface area contributed by atoms with Crippen LogP contribution in [0.15, 0.2) is 34.8 Å². The van der Waals surface area contributed by atoms with Gasteiger partial charge in [-0.05, 0) is 65.9 Å². The predicted molar refractivity (Wildman–Crippen MR) is 79.0 cm³/mol. The van der Waals surface area contributed by atoms with Gasteiger partial charge in [0.1, 0.15) is 12.4 Å². The van der Waals surface area contributed by atoms with Gasteiger partial charge in [0.2, 0.25) is 0 Å². The Morgan fingerprint density at radius 3 is 2.67 bits per heavy atom. The van der Waals surface area contributed by atoms with Crippen molar-refractivity contribution in [2.24, 2.45) is 5.73 Å². The van der Waals surface area contributed by atoms with E-state index >= 15 is 0 Å². The van der Waals surface area contributed by atoms with Crippen LogP contribution in [0.4, 0.5) is 0 Å². The van der Waals surface area contributed by atoms with Gasteiger partial charge in [-0.3, -0.25) is 0 Å². The van der Waals surface area contributed by atoms with Crippen LogP contribution in [0.2, 0.25) is 0 Å². The number of halogens is 1. The summed E-state index contributed by atoms with van der Waals surface area (Å²) in [5, 5.41) is 0. The van der Waals surface area contributed by atoms with Gasteiger partial charge in [0.15, 0.2) is 0 Å². The second-order valence-corrected chi connectivity index (χ2v) is 6.19. The van der Waals surface area contributed by atoms with E-state index in [2.05, 4.69) is 41.6 Å². The lowest BCUT2D eigenvalue weighted by molar-refractivity contribution is 0.350. The van der Waals surface area contributed by atoms with E-state index in [1.807, 2.05) is 13.0 Å². The van der Waals surface area contributed by atoms with Gasteiger partial charge < -0.3 is 10.5 Å². The van der Waals surface area contributed by atoms with Crippen molar-refractivity contribution in [1.82, 2.24) is 0 Å². The maximum absolute atomic E-state index is 6.09. The molecule has 1 aliphatic rings. The average Bonchev–Trinajstić information content (AvgIpc) is 3.08. The fourth-order valence-electron chi connectivity index (χ4n) is 2.27. The molecule has 1 aliphatic carbocycles. The van der Waals surface area contributed by atoms with Crippen LogP contribution in [0, 0.1) is 0 Å². The number of nitrogens with two attached hydrogens (primary N) is 1. The van der Waals surface area contributed by atoms with Gasteiger partial charge in [0, 0.05) is 11.5 Å². The molecular formula is C15H20BrNO. The average molecular weight is 310 g/mol. The highest BCUT2D eigenvalue weighted by atomic mass is 79.9. The Hall–Kier alpha value is -0.800. The summed E-state index contributed by atoms with van der Waals surface area (Å²) in [6.45, 7) is 8.43. The molecule has 0 amide bonds. The molecule has 2 nitrogen and oxygen atoms in total. The molecule has 1 fully saturated rings. The zero-order valence-corrected chi connectivity index (χ0v) is 12.6. The number of ether oxygens (including phenoxy) is 1. The van der Waals surface area contributed by atoms with Crippen LogP contribution in [-0.2, 0) is 5.41 Å². The Labute approximate surface area is 117 Å². The lowest BCUT2D eigenvalue weighted by Crippen LogP contribution is -2.31.